The Bertz CT molecular complexity index is 265. The van der Waals surface area contributed by atoms with E-state index in [1.807, 2.05) is 0 Å². The fraction of sp³-hybridized carbons (Fsp3) is 0. The summed E-state index contributed by atoms with van der Waals surface area (Å²) in [5.74, 6) is 0.321. The van der Waals surface area contributed by atoms with E-state index >= 15 is 0 Å². The Morgan fingerprint density at radius 2 is 2.20 bits per heavy atom. The zero-order valence-corrected chi connectivity index (χ0v) is 5.11. The van der Waals surface area contributed by atoms with E-state index in [9.17, 15) is 4.79 Å². The fourth-order valence-electron chi connectivity index (χ4n) is 0.591. The van der Waals surface area contributed by atoms with E-state index in [-0.39, 0.29) is 11.6 Å². The van der Waals surface area contributed by atoms with Crippen molar-refractivity contribution < 1.29 is 4.79 Å². The van der Waals surface area contributed by atoms with E-state index < -0.39 is 6.03 Å². The lowest BCUT2D eigenvalue weighted by Gasteiger charge is -1.93. The normalized spacial score (nSPS) is 9.60. The number of hydrogen-bond donors (Lipinski definition) is 3. The highest BCUT2D eigenvalue weighted by Crippen LogP contribution is 2.05. The van der Waals surface area contributed by atoms with Crippen LogP contribution in [-0.4, -0.2) is 15.8 Å². The summed E-state index contributed by atoms with van der Waals surface area (Å²) in [6, 6.07) is 0.610. The summed E-state index contributed by atoms with van der Waals surface area (Å²) in [5.41, 5.74) is 15.3. The largest absolute Gasteiger partial charge is 0.383 e. The maximum absolute atomic E-state index is 10.4. The van der Waals surface area contributed by atoms with Crippen molar-refractivity contribution in [3.05, 3.63) is 6.07 Å². The Morgan fingerprint density at radius 3 is 2.40 bits per heavy atom. The third-order valence-corrected chi connectivity index (χ3v) is 0.965. The SMILES string of the molecule is NC(=O)n1nc(N)cc1N. The number of rotatable bonds is 0. The lowest BCUT2D eigenvalue weighted by atomic mass is 10.6. The molecule has 6 N–H and O–H groups in total. The Kier molecular flexibility index (Phi) is 1.22. The number of primary amides is 1. The number of nitrogen functional groups attached to an aromatic ring is 2. The summed E-state index contributed by atoms with van der Waals surface area (Å²) < 4.78 is 0.829. The van der Waals surface area contributed by atoms with Crippen molar-refractivity contribution in [2.75, 3.05) is 11.5 Å². The third-order valence-electron chi connectivity index (χ3n) is 0.965. The molecule has 0 fully saturated rings. The predicted molar refractivity (Wildman–Crippen MR) is 36.0 cm³/mol. The van der Waals surface area contributed by atoms with E-state index in [0.717, 1.165) is 4.68 Å². The van der Waals surface area contributed by atoms with Crippen LogP contribution in [0.5, 0.6) is 0 Å². The minimum Gasteiger partial charge on any atom is -0.383 e. The quantitative estimate of drug-likeness (QED) is 0.428. The molecule has 54 valence electrons. The molecule has 0 radical (unpaired) electrons. The number of carbonyl (C=O) groups is 1. The van der Waals surface area contributed by atoms with Gasteiger partial charge in [0, 0.05) is 6.07 Å². The van der Waals surface area contributed by atoms with Gasteiger partial charge in [-0.05, 0) is 0 Å². The smallest absolute Gasteiger partial charge is 0.341 e. The molecule has 0 saturated heterocycles. The van der Waals surface area contributed by atoms with Crippen molar-refractivity contribution in [3.63, 3.8) is 0 Å². The van der Waals surface area contributed by atoms with Crippen molar-refractivity contribution in [3.8, 4) is 0 Å². The van der Waals surface area contributed by atoms with E-state index in [0.29, 0.717) is 0 Å². The van der Waals surface area contributed by atoms with Crippen LogP contribution in [0.1, 0.15) is 0 Å². The molecule has 1 aromatic rings. The number of hydrogen-bond acceptors (Lipinski definition) is 4. The predicted octanol–water partition coefficient (Wildman–Crippen LogP) is -1.03. The lowest BCUT2D eigenvalue weighted by Crippen LogP contribution is -2.22. The van der Waals surface area contributed by atoms with Crippen LogP contribution in [0.4, 0.5) is 16.4 Å². The number of nitrogens with two attached hydrogens (primary N) is 3. The zero-order chi connectivity index (χ0) is 7.72. The molecule has 0 aliphatic rings. The monoisotopic (exact) mass is 141 g/mol. The molecule has 0 saturated carbocycles. The molecule has 6 heteroatoms. The highest BCUT2D eigenvalue weighted by molar-refractivity contribution is 5.77. The van der Waals surface area contributed by atoms with Crippen LogP contribution in [-0.2, 0) is 0 Å². The second kappa shape index (κ2) is 1.90. The Balaban J connectivity index is 3.15. The molecule has 0 aliphatic heterocycles. The Hall–Kier alpha value is -1.72. The molecular formula is C4H7N5O. The summed E-state index contributed by atoms with van der Waals surface area (Å²) in [5, 5.41) is 3.50. The van der Waals surface area contributed by atoms with Crippen molar-refractivity contribution in [1.29, 1.82) is 0 Å². The van der Waals surface area contributed by atoms with Crippen molar-refractivity contribution in [2.24, 2.45) is 5.73 Å². The Labute approximate surface area is 56.6 Å². The minimum absolute atomic E-state index is 0.144. The first-order valence-corrected chi connectivity index (χ1v) is 2.52. The van der Waals surface area contributed by atoms with Crippen molar-refractivity contribution in [1.82, 2.24) is 9.78 Å². The molecule has 1 rings (SSSR count). The molecule has 10 heavy (non-hydrogen) atoms. The standard InChI is InChI=1S/C4H7N5O/c5-2-1-3(6)9(8-2)4(7)10/h1H,6H2,(H2,5,8)(H2,7,10). The molecule has 0 unspecified atom stereocenters. The number of amides is 1. The molecule has 0 atom stereocenters. The zero-order valence-electron chi connectivity index (χ0n) is 5.11. The maximum atomic E-state index is 10.4. The summed E-state index contributed by atoms with van der Waals surface area (Å²) >= 11 is 0. The summed E-state index contributed by atoms with van der Waals surface area (Å²) in [6.07, 6.45) is 0. The van der Waals surface area contributed by atoms with Gasteiger partial charge in [0.15, 0.2) is 0 Å². The molecule has 6 nitrogen and oxygen atoms in total. The topological polar surface area (TPSA) is 113 Å². The van der Waals surface area contributed by atoms with Crippen LogP contribution in [0.3, 0.4) is 0 Å². The van der Waals surface area contributed by atoms with Crippen LogP contribution in [0.2, 0.25) is 0 Å². The van der Waals surface area contributed by atoms with Gasteiger partial charge in [0.25, 0.3) is 0 Å². The summed E-state index contributed by atoms with van der Waals surface area (Å²) in [4.78, 5) is 10.4. The van der Waals surface area contributed by atoms with E-state index in [1.54, 1.807) is 0 Å². The summed E-state index contributed by atoms with van der Waals surface area (Å²) in [6.45, 7) is 0. The fourth-order valence-corrected chi connectivity index (χ4v) is 0.591. The van der Waals surface area contributed by atoms with Crippen LogP contribution < -0.4 is 17.2 Å². The van der Waals surface area contributed by atoms with Gasteiger partial charge < -0.3 is 17.2 Å². The van der Waals surface area contributed by atoms with Crippen molar-refractivity contribution >= 4 is 17.7 Å². The second-order valence-corrected chi connectivity index (χ2v) is 1.74. The molecular weight excluding hydrogens is 134 g/mol. The first kappa shape index (κ1) is 6.40. The molecule has 1 amide bonds. The van der Waals surface area contributed by atoms with Gasteiger partial charge in [-0.1, -0.05) is 0 Å². The molecule has 1 heterocycles. The molecule has 0 spiro atoms. The average Bonchev–Trinajstić information content (AvgIpc) is 2.10. The molecule has 1 aromatic heterocycles. The number of carbonyl (C=O) groups excluding carboxylic acids is 1. The van der Waals surface area contributed by atoms with Crippen LogP contribution >= 0.6 is 0 Å². The lowest BCUT2D eigenvalue weighted by molar-refractivity contribution is 0.248. The maximum Gasteiger partial charge on any atom is 0.341 e. The van der Waals surface area contributed by atoms with Gasteiger partial charge in [0.05, 0.1) is 0 Å². The van der Waals surface area contributed by atoms with E-state index in [1.165, 1.54) is 6.07 Å². The number of nitrogens with zero attached hydrogens (tertiary/aromatic N) is 2. The molecule has 0 aliphatic carbocycles. The Morgan fingerprint density at radius 1 is 1.60 bits per heavy atom. The first-order valence-electron chi connectivity index (χ1n) is 2.52. The van der Waals surface area contributed by atoms with Gasteiger partial charge in [-0.3, -0.25) is 0 Å². The third kappa shape index (κ3) is 0.859. The van der Waals surface area contributed by atoms with Gasteiger partial charge >= 0.3 is 6.03 Å². The molecule has 0 aromatic carbocycles. The van der Waals surface area contributed by atoms with Gasteiger partial charge in [-0.2, -0.15) is 4.68 Å². The number of aromatic nitrogens is 2. The summed E-state index contributed by atoms with van der Waals surface area (Å²) in [7, 11) is 0. The average molecular weight is 141 g/mol. The van der Waals surface area contributed by atoms with Gasteiger partial charge in [-0.15, -0.1) is 5.10 Å². The minimum atomic E-state index is -0.741. The van der Waals surface area contributed by atoms with Gasteiger partial charge in [0.2, 0.25) is 0 Å². The molecule has 0 bridgehead atoms. The van der Waals surface area contributed by atoms with E-state index in [4.69, 9.17) is 17.2 Å². The van der Waals surface area contributed by atoms with Crippen LogP contribution in [0.25, 0.3) is 0 Å². The first-order chi connectivity index (χ1) is 4.61. The van der Waals surface area contributed by atoms with Gasteiger partial charge in [-0.25, -0.2) is 4.79 Å². The van der Waals surface area contributed by atoms with E-state index in [2.05, 4.69) is 5.10 Å². The highest BCUT2D eigenvalue weighted by atomic mass is 16.2. The number of anilines is 2. The van der Waals surface area contributed by atoms with Crippen LogP contribution in [0.15, 0.2) is 6.07 Å². The van der Waals surface area contributed by atoms with Crippen molar-refractivity contribution in [2.45, 2.75) is 0 Å². The second-order valence-electron chi connectivity index (χ2n) is 1.74. The van der Waals surface area contributed by atoms with Gasteiger partial charge in [0.1, 0.15) is 11.6 Å². The van der Waals surface area contributed by atoms with Crippen LogP contribution in [0, 0.1) is 0 Å². The highest BCUT2D eigenvalue weighted by Gasteiger charge is 2.05.